The molecule has 4 rings (SSSR count). The molecule has 29 heavy (non-hydrogen) atoms. The van der Waals surface area contributed by atoms with E-state index in [1.165, 1.54) is 4.31 Å². The number of carbonyl (C=O) groups is 1. The molecule has 6 heteroatoms. The lowest BCUT2D eigenvalue weighted by atomic mass is 10.1. The van der Waals surface area contributed by atoms with Crippen molar-refractivity contribution in [1.29, 1.82) is 0 Å². The van der Waals surface area contributed by atoms with E-state index in [1.54, 1.807) is 24.1 Å². The van der Waals surface area contributed by atoms with Gasteiger partial charge in [0.05, 0.1) is 4.90 Å². The monoisotopic (exact) mass is 408 g/mol. The molecule has 0 N–H and O–H groups in total. The molecule has 1 heterocycles. The number of likely N-dealkylation sites (N-methyl/N-ethyl adjacent to an activating group) is 1. The Hall–Kier alpha value is -2.70. The predicted molar refractivity (Wildman–Crippen MR) is 114 cm³/mol. The average Bonchev–Trinajstić information content (AvgIpc) is 3.24. The number of rotatable bonds is 5. The Morgan fingerprint density at radius 3 is 2.45 bits per heavy atom. The van der Waals surface area contributed by atoms with Gasteiger partial charge in [0.2, 0.25) is 15.9 Å². The van der Waals surface area contributed by atoms with Crippen LogP contribution in [-0.4, -0.2) is 43.2 Å². The highest BCUT2D eigenvalue weighted by atomic mass is 32.2. The molecular formula is C23H24N2O3S. The maximum absolute atomic E-state index is 13.3. The number of carbonyl (C=O) groups excluding carboxylic acids is 1. The van der Waals surface area contributed by atoms with E-state index in [9.17, 15) is 13.2 Å². The standard InChI is InChI=1S/C23H24N2O3S/c1-24(17-18-8-3-2-4-9-18)23(26)22-12-7-15-25(22)29(27,28)21-14-13-19-10-5-6-11-20(19)16-21/h2-6,8-11,13-14,16,22H,7,12,15,17H2,1H3. The van der Waals surface area contributed by atoms with Crippen molar-refractivity contribution >= 4 is 26.7 Å². The molecule has 1 amide bonds. The van der Waals surface area contributed by atoms with E-state index in [2.05, 4.69) is 0 Å². The minimum Gasteiger partial charge on any atom is -0.340 e. The van der Waals surface area contributed by atoms with E-state index in [0.717, 1.165) is 16.3 Å². The van der Waals surface area contributed by atoms with Crippen molar-refractivity contribution in [3.05, 3.63) is 78.4 Å². The van der Waals surface area contributed by atoms with Crippen molar-refractivity contribution in [2.24, 2.45) is 0 Å². The quantitative estimate of drug-likeness (QED) is 0.648. The van der Waals surface area contributed by atoms with E-state index in [0.29, 0.717) is 25.9 Å². The number of benzene rings is 3. The number of nitrogens with zero attached hydrogens (tertiary/aromatic N) is 2. The van der Waals surface area contributed by atoms with E-state index >= 15 is 0 Å². The van der Waals surface area contributed by atoms with Crippen LogP contribution in [0.5, 0.6) is 0 Å². The molecule has 1 saturated heterocycles. The minimum atomic E-state index is -3.74. The van der Waals surface area contributed by atoms with Gasteiger partial charge in [-0.15, -0.1) is 0 Å². The number of hydrogen-bond donors (Lipinski definition) is 0. The third kappa shape index (κ3) is 3.91. The molecule has 1 unspecified atom stereocenters. The summed E-state index contributed by atoms with van der Waals surface area (Å²) < 4.78 is 28.0. The lowest BCUT2D eigenvalue weighted by molar-refractivity contribution is -0.133. The maximum Gasteiger partial charge on any atom is 0.243 e. The normalized spacial score (nSPS) is 17.5. The van der Waals surface area contributed by atoms with Gasteiger partial charge in [0.15, 0.2) is 0 Å². The summed E-state index contributed by atoms with van der Waals surface area (Å²) in [6.07, 6.45) is 1.23. The minimum absolute atomic E-state index is 0.157. The van der Waals surface area contributed by atoms with Gasteiger partial charge in [-0.1, -0.05) is 60.7 Å². The Morgan fingerprint density at radius 1 is 1.00 bits per heavy atom. The molecule has 0 radical (unpaired) electrons. The molecule has 3 aromatic carbocycles. The molecular weight excluding hydrogens is 384 g/mol. The summed E-state index contributed by atoms with van der Waals surface area (Å²) in [4.78, 5) is 14.9. The van der Waals surface area contributed by atoms with Crippen LogP contribution in [-0.2, 0) is 21.4 Å². The Balaban J connectivity index is 1.58. The molecule has 0 saturated carbocycles. The van der Waals surface area contributed by atoms with Gasteiger partial charge in [-0.2, -0.15) is 4.31 Å². The van der Waals surface area contributed by atoms with Crippen LogP contribution in [0.3, 0.4) is 0 Å². The van der Waals surface area contributed by atoms with Gasteiger partial charge in [-0.05, 0) is 41.3 Å². The molecule has 1 fully saturated rings. The number of sulfonamides is 1. The third-order valence-electron chi connectivity index (χ3n) is 5.46. The second kappa shape index (κ2) is 7.97. The van der Waals surface area contributed by atoms with Crippen LogP contribution in [0, 0.1) is 0 Å². The zero-order valence-corrected chi connectivity index (χ0v) is 17.2. The summed E-state index contributed by atoms with van der Waals surface area (Å²) >= 11 is 0. The second-order valence-electron chi connectivity index (χ2n) is 7.46. The van der Waals surface area contributed by atoms with E-state index in [1.807, 2.05) is 60.7 Å². The fourth-order valence-corrected chi connectivity index (χ4v) is 5.61. The average molecular weight is 409 g/mol. The van der Waals surface area contributed by atoms with Crippen molar-refractivity contribution in [1.82, 2.24) is 9.21 Å². The Labute approximate surface area is 171 Å². The number of fused-ring (bicyclic) bond motifs is 1. The molecule has 5 nitrogen and oxygen atoms in total. The molecule has 0 bridgehead atoms. The first-order valence-electron chi connectivity index (χ1n) is 9.76. The lowest BCUT2D eigenvalue weighted by Crippen LogP contribution is -2.46. The van der Waals surface area contributed by atoms with Gasteiger partial charge in [-0.3, -0.25) is 4.79 Å². The highest BCUT2D eigenvalue weighted by Crippen LogP contribution is 2.29. The summed E-state index contributed by atoms with van der Waals surface area (Å²) in [7, 11) is -2.01. The van der Waals surface area contributed by atoms with Gasteiger partial charge in [0.1, 0.15) is 6.04 Å². The summed E-state index contributed by atoms with van der Waals surface area (Å²) in [5.41, 5.74) is 1.02. The summed E-state index contributed by atoms with van der Waals surface area (Å²) in [5, 5.41) is 1.86. The highest BCUT2D eigenvalue weighted by molar-refractivity contribution is 7.89. The number of amides is 1. The predicted octanol–water partition coefficient (Wildman–Crippen LogP) is 3.65. The Kier molecular flexibility index (Phi) is 5.39. The first-order valence-corrected chi connectivity index (χ1v) is 11.2. The topological polar surface area (TPSA) is 57.7 Å². The van der Waals surface area contributed by atoms with Crippen molar-refractivity contribution in [3.63, 3.8) is 0 Å². The SMILES string of the molecule is CN(Cc1ccccc1)C(=O)C1CCCN1S(=O)(=O)c1ccc2ccccc2c1. The molecule has 1 atom stereocenters. The Morgan fingerprint density at radius 2 is 1.69 bits per heavy atom. The van der Waals surface area contributed by atoms with Crippen LogP contribution in [0.15, 0.2) is 77.7 Å². The van der Waals surface area contributed by atoms with Crippen molar-refractivity contribution in [2.45, 2.75) is 30.3 Å². The van der Waals surface area contributed by atoms with Crippen molar-refractivity contribution in [3.8, 4) is 0 Å². The first-order chi connectivity index (χ1) is 14.0. The van der Waals surface area contributed by atoms with E-state index in [-0.39, 0.29) is 10.8 Å². The fraction of sp³-hybridized carbons (Fsp3) is 0.261. The van der Waals surface area contributed by atoms with Gasteiger partial charge in [-0.25, -0.2) is 8.42 Å². The van der Waals surface area contributed by atoms with Crippen LogP contribution < -0.4 is 0 Å². The zero-order valence-electron chi connectivity index (χ0n) is 16.4. The maximum atomic E-state index is 13.3. The molecule has 1 aliphatic heterocycles. The largest absolute Gasteiger partial charge is 0.340 e. The van der Waals surface area contributed by atoms with Crippen LogP contribution >= 0.6 is 0 Å². The van der Waals surface area contributed by atoms with Crippen LogP contribution in [0.1, 0.15) is 18.4 Å². The smallest absolute Gasteiger partial charge is 0.243 e. The molecule has 0 aliphatic carbocycles. The van der Waals surface area contributed by atoms with Crippen molar-refractivity contribution < 1.29 is 13.2 Å². The second-order valence-corrected chi connectivity index (χ2v) is 9.35. The fourth-order valence-electron chi connectivity index (χ4n) is 3.93. The van der Waals surface area contributed by atoms with Gasteiger partial charge < -0.3 is 4.90 Å². The highest BCUT2D eigenvalue weighted by Gasteiger charge is 2.40. The van der Waals surface area contributed by atoms with Crippen molar-refractivity contribution in [2.75, 3.05) is 13.6 Å². The summed E-state index contributed by atoms with van der Waals surface area (Å²) in [5.74, 6) is -0.157. The van der Waals surface area contributed by atoms with Gasteiger partial charge in [0.25, 0.3) is 0 Å². The van der Waals surface area contributed by atoms with Gasteiger partial charge >= 0.3 is 0 Å². The molecule has 150 valence electrons. The third-order valence-corrected chi connectivity index (χ3v) is 7.36. The van der Waals surface area contributed by atoms with Gasteiger partial charge in [0, 0.05) is 20.1 Å². The Bertz CT molecular complexity index is 1130. The molecule has 3 aromatic rings. The van der Waals surface area contributed by atoms with Crippen LogP contribution in [0.2, 0.25) is 0 Å². The first kappa shape index (κ1) is 19.6. The molecule has 0 spiro atoms. The zero-order chi connectivity index (χ0) is 20.4. The summed E-state index contributed by atoms with van der Waals surface area (Å²) in [6.45, 7) is 0.824. The summed E-state index contributed by atoms with van der Waals surface area (Å²) in [6, 6.07) is 21.9. The number of hydrogen-bond acceptors (Lipinski definition) is 3. The lowest BCUT2D eigenvalue weighted by Gasteiger charge is -2.27. The van der Waals surface area contributed by atoms with Crippen LogP contribution in [0.25, 0.3) is 10.8 Å². The van der Waals surface area contributed by atoms with Crippen LogP contribution in [0.4, 0.5) is 0 Å². The van der Waals surface area contributed by atoms with E-state index < -0.39 is 16.1 Å². The molecule has 0 aromatic heterocycles. The molecule has 1 aliphatic rings. The van der Waals surface area contributed by atoms with E-state index in [4.69, 9.17) is 0 Å².